The predicted molar refractivity (Wildman–Crippen MR) is 113 cm³/mol. The lowest BCUT2D eigenvalue weighted by Gasteiger charge is -2.22. The van der Waals surface area contributed by atoms with Crippen molar-refractivity contribution in [3.63, 3.8) is 0 Å². The summed E-state index contributed by atoms with van der Waals surface area (Å²) in [5.74, 6) is -0.0414. The van der Waals surface area contributed by atoms with E-state index in [2.05, 4.69) is 6.92 Å². The zero-order valence-corrected chi connectivity index (χ0v) is 18.4. The number of hydrogen-bond donors (Lipinski definition) is 0. The van der Waals surface area contributed by atoms with Crippen molar-refractivity contribution in [2.75, 3.05) is 14.1 Å². The molecule has 0 spiro atoms. The molecule has 0 aliphatic carbocycles. The van der Waals surface area contributed by atoms with Crippen molar-refractivity contribution in [1.82, 2.24) is 4.90 Å². The van der Waals surface area contributed by atoms with Gasteiger partial charge in [-0.1, -0.05) is 104 Å². The molecule has 26 heavy (non-hydrogen) atoms. The zero-order chi connectivity index (χ0) is 19.5. The lowest BCUT2D eigenvalue weighted by Crippen LogP contribution is -2.32. The second-order valence-electron chi connectivity index (χ2n) is 8.02. The van der Waals surface area contributed by atoms with Crippen molar-refractivity contribution in [3.05, 3.63) is 0 Å². The summed E-state index contributed by atoms with van der Waals surface area (Å²) in [5.41, 5.74) is 0. The molecule has 0 fully saturated rings. The minimum Gasteiger partial charge on any atom is -0.446 e. The van der Waals surface area contributed by atoms with Crippen molar-refractivity contribution < 1.29 is 9.53 Å². The third kappa shape index (κ3) is 16.9. The number of esters is 1. The first-order valence-electron chi connectivity index (χ1n) is 11.5. The molecule has 0 saturated heterocycles. The van der Waals surface area contributed by atoms with Crippen molar-refractivity contribution in [3.8, 4) is 0 Å². The van der Waals surface area contributed by atoms with E-state index in [9.17, 15) is 4.79 Å². The molecule has 0 rings (SSSR count). The van der Waals surface area contributed by atoms with Crippen LogP contribution in [0.15, 0.2) is 0 Å². The second kappa shape index (κ2) is 19.2. The maximum atomic E-state index is 11.8. The van der Waals surface area contributed by atoms with E-state index in [-0.39, 0.29) is 12.2 Å². The Labute approximate surface area is 164 Å². The quantitative estimate of drug-likeness (QED) is 0.138. The topological polar surface area (TPSA) is 29.5 Å². The summed E-state index contributed by atoms with van der Waals surface area (Å²) in [5, 5.41) is 0. The summed E-state index contributed by atoms with van der Waals surface area (Å²) in [6.45, 7) is 4.33. The van der Waals surface area contributed by atoms with E-state index in [4.69, 9.17) is 4.74 Å². The fourth-order valence-electron chi connectivity index (χ4n) is 3.41. The Balaban J connectivity index is 3.25. The number of nitrogens with zero attached hydrogens (tertiary/aromatic N) is 1. The predicted octanol–water partition coefficient (Wildman–Crippen LogP) is 7.09. The smallest absolute Gasteiger partial charge is 0.307 e. The number of hydrogen-bond acceptors (Lipinski definition) is 3. The molecule has 1 atom stereocenters. The van der Waals surface area contributed by atoms with Gasteiger partial charge in [-0.05, 0) is 26.9 Å². The third-order valence-electron chi connectivity index (χ3n) is 5.18. The molecular formula is C23H47NO2. The SMILES string of the molecule is CCCCCCCCCCCCCCCCCC(=O)OC(CC)N(C)C. The lowest BCUT2D eigenvalue weighted by atomic mass is 10.0. The van der Waals surface area contributed by atoms with Crippen LogP contribution in [0.2, 0.25) is 0 Å². The summed E-state index contributed by atoms with van der Waals surface area (Å²) in [7, 11) is 3.91. The largest absolute Gasteiger partial charge is 0.446 e. The molecule has 1 unspecified atom stereocenters. The summed E-state index contributed by atoms with van der Waals surface area (Å²) in [6.07, 6.45) is 21.6. The van der Waals surface area contributed by atoms with Crippen LogP contribution in [0.3, 0.4) is 0 Å². The molecule has 0 radical (unpaired) electrons. The first kappa shape index (κ1) is 25.4. The van der Waals surface area contributed by atoms with E-state index in [1.165, 1.54) is 83.5 Å². The highest BCUT2D eigenvalue weighted by Crippen LogP contribution is 2.14. The molecule has 0 N–H and O–H groups in total. The zero-order valence-electron chi connectivity index (χ0n) is 18.4. The monoisotopic (exact) mass is 369 g/mol. The maximum Gasteiger partial charge on any atom is 0.307 e. The Bertz CT molecular complexity index is 305. The van der Waals surface area contributed by atoms with Gasteiger partial charge in [-0.25, -0.2) is 0 Å². The Morgan fingerprint density at radius 1 is 0.692 bits per heavy atom. The van der Waals surface area contributed by atoms with E-state index in [0.29, 0.717) is 6.42 Å². The summed E-state index contributed by atoms with van der Waals surface area (Å²) in [4.78, 5) is 13.8. The highest BCUT2D eigenvalue weighted by atomic mass is 16.6. The lowest BCUT2D eigenvalue weighted by molar-refractivity contribution is -0.157. The Kier molecular flexibility index (Phi) is 18.8. The van der Waals surface area contributed by atoms with Gasteiger partial charge in [0.25, 0.3) is 0 Å². The normalized spacial score (nSPS) is 12.5. The maximum absolute atomic E-state index is 11.8. The Hall–Kier alpha value is -0.570. The number of carbonyl (C=O) groups is 1. The van der Waals surface area contributed by atoms with Gasteiger partial charge in [0.1, 0.15) is 0 Å². The minimum absolute atomic E-state index is 0.0414. The summed E-state index contributed by atoms with van der Waals surface area (Å²) >= 11 is 0. The van der Waals surface area contributed by atoms with E-state index in [1.54, 1.807) is 0 Å². The second-order valence-corrected chi connectivity index (χ2v) is 8.02. The molecule has 3 nitrogen and oxygen atoms in total. The highest BCUT2D eigenvalue weighted by Gasteiger charge is 2.13. The van der Waals surface area contributed by atoms with Crippen LogP contribution in [0.25, 0.3) is 0 Å². The third-order valence-corrected chi connectivity index (χ3v) is 5.18. The van der Waals surface area contributed by atoms with Crippen LogP contribution in [-0.4, -0.2) is 31.2 Å². The van der Waals surface area contributed by atoms with E-state index >= 15 is 0 Å². The van der Waals surface area contributed by atoms with Crippen LogP contribution >= 0.6 is 0 Å². The van der Waals surface area contributed by atoms with Crippen LogP contribution in [0.5, 0.6) is 0 Å². The van der Waals surface area contributed by atoms with Crippen molar-refractivity contribution in [2.45, 2.75) is 129 Å². The average molecular weight is 370 g/mol. The molecule has 156 valence electrons. The Morgan fingerprint density at radius 2 is 1.08 bits per heavy atom. The van der Waals surface area contributed by atoms with Crippen LogP contribution in [0.4, 0.5) is 0 Å². The van der Waals surface area contributed by atoms with Gasteiger partial charge in [0.2, 0.25) is 0 Å². The molecule has 0 amide bonds. The molecule has 0 aliphatic rings. The molecule has 0 aliphatic heterocycles. The molecule has 0 aromatic rings. The summed E-state index contributed by atoms with van der Waals surface area (Å²) < 4.78 is 5.47. The first-order chi connectivity index (χ1) is 12.6. The van der Waals surface area contributed by atoms with E-state index in [0.717, 1.165) is 19.3 Å². The van der Waals surface area contributed by atoms with Gasteiger partial charge in [-0.15, -0.1) is 0 Å². The van der Waals surface area contributed by atoms with Gasteiger partial charge in [0.05, 0.1) is 0 Å². The van der Waals surface area contributed by atoms with Crippen LogP contribution in [-0.2, 0) is 9.53 Å². The standard InChI is InChI=1S/C23H47NO2/c1-5-7-8-9-10-11-12-13-14-15-16-17-18-19-20-21-23(25)26-22(6-2)24(3)4/h22H,5-21H2,1-4H3. The molecule has 0 aromatic heterocycles. The van der Waals surface area contributed by atoms with Gasteiger partial charge < -0.3 is 4.74 Å². The van der Waals surface area contributed by atoms with Crippen molar-refractivity contribution >= 4 is 5.97 Å². The molecule has 0 aromatic carbocycles. The van der Waals surface area contributed by atoms with E-state index in [1.807, 2.05) is 25.9 Å². The number of ether oxygens (including phenoxy) is 1. The van der Waals surface area contributed by atoms with Crippen LogP contribution in [0, 0.1) is 0 Å². The van der Waals surface area contributed by atoms with Gasteiger partial charge in [-0.2, -0.15) is 0 Å². The fourth-order valence-corrected chi connectivity index (χ4v) is 3.41. The average Bonchev–Trinajstić information content (AvgIpc) is 2.62. The highest BCUT2D eigenvalue weighted by molar-refractivity contribution is 5.69. The molecular weight excluding hydrogens is 322 g/mol. The molecule has 0 saturated carbocycles. The van der Waals surface area contributed by atoms with Gasteiger partial charge in [0, 0.05) is 6.42 Å². The van der Waals surface area contributed by atoms with Crippen LogP contribution < -0.4 is 0 Å². The minimum atomic E-state index is -0.0705. The fraction of sp³-hybridized carbons (Fsp3) is 0.957. The Morgan fingerprint density at radius 3 is 1.42 bits per heavy atom. The number of carbonyl (C=O) groups excluding carboxylic acids is 1. The molecule has 0 bridgehead atoms. The molecule has 0 heterocycles. The number of rotatable bonds is 19. The van der Waals surface area contributed by atoms with Crippen LogP contribution in [0.1, 0.15) is 123 Å². The van der Waals surface area contributed by atoms with Crippen molar-refractivity contribution in [1.29, 1.82) is 0 Å². The molecule has 3 heteroatoms. The summed E-state index contributed by atoms with van der Waals surface area (Å²) in [6, 6.07) is 0. The van der Waals surface area contributed by atoms with Crippen molar-refractivity contribution in [2.24, 2.45) is 0 Å². The van der Waals surface area contributed by atoms with Gasteiger partial charge >= 0.3 is 5.97 Å². The first-order valence-corrected chi connectivity index (χ1v) is 11.5. The van der Waals surface area contributed by atoms with Gasteiger partial charge in [0.15, 0.2) is 6.23 Å². The van der Waals surface area contributed by atoms with E-state index < -0.39 is 0 Å². The number of unbranched alkanes of at least 4 members (excludes halogenated alkanes) is 14. The van der Waals surface area contributed by atoms with Gasteiger partial charge in [-0.3, -0.25) is 9.69 Å².